The molecule has 1 atom stereocenters. The minimum absolute atomic E-state index is 0.504. The van der Waals surface area contributed by atoms with E-state index in [1.807, 2.05) is 0 Å². The fraction of sp³-hybridized carbons (Fsp3) is 0.786. The van der Waals surface area contributed by atoms with E-state index in [0.29, 0.717) is 12.1 Å². The molecular formula is C14H25N3. The number of hydrogen-bond donors (Lipinski definition) is 1. The van der Waals surface area contributed by atoms with E-state index in [4.69, 9.17) is 0 Å². The van der Waals surface area contributed by atoms with Crippen LogP contribution in [0.2, 0.25) is 0 Å². The van der Waals surface area contributed by atoms with Gasteiger partial charge in [0.05, 0.1) is 5.69 Å². The molecule has 0 amide bonds. The van der Waals surface area contributed by atoms with Crippen LogP contribution in [-0.2, 0) is 0 Å². The standard InChI is InChI=1S/C14H25N3/c1-5-12(6-2)11(4)16-14-15-10(3)9-17(14)13-7-8-13/h9,11-13H,5-8H2,1-4H3,(H,15,16). The molecule has 0 radical (unpaired) electrons. The molecule has 0 aliphatic heterocycles. The molecule has 0 bridgehead atoms. The van der Waals surface area contributed by atoms with E-state index in [1.54, 1.807) is 0 Å². The molecule has 17 heavy (non-hydrogen) atoms. The van der Waals surface area contributed by atoms with E-state index in [1.165, 1.54) is 25.7 Å². The van der Waals surface area contributed by atoms with Gasteiger partial charge in [0, 0.05) is 18.3 Å². The zero-order chi connectivity index (χ0) is 12.4. The normalized spacial score (nSPS) is 17.5. The van der Waals surface area contributed by atoms with Crippen LogP contribution in [-0.4, -0.2) is 15.6 Å². The van der Waals surface area contributed by atoms with Crippen molar-refractivity contribution in [3.05, 3.63) is 11.9 Å². The lowest BCUT2D eigenvalue weighted by Gasteiger charge is -2.23. The van der Waals surface area contributed by atoms with Crippen molar-refractivity contribution < 1.29 is 0 Å². The maximum absolute atomic E-state index is 4.61. The van der Waals surface area contributed by atoms with Crippen LogP contribution in [0.25, 0.3) is 0 Å². The minimum atomic E-state index is 0.504. The fourth-order valence-electron chi connectivity index (χ4n) is 2.57. The molecule has 1 aromatic rings. The van der Waals surface area contributed by atoms with Gasteiger partial charge in [0.1, 0.15) is 0 Å². The van der Waals surface area contributed by atoms with Gasteiger partial charge >= 0.3 is 0 Å². The highest BCUT2D eigenvalue weighted by Gasteiger charge is 2.27. The molecule has 96 valence electrons. The highest BCUT2D eigenvalue weighted by Crippen LogP contribution is 2.37. The Kier molecular flexibility index (Phi) is 3.75. The van der Waals surface area contributed by atoms with Gasteiger partial charge in [0.2, 0.25) is 5.95 Å². The van der Waals surface area contributed by atoms with E-state index in [2.05, 4.69) is 48.8 Å². The summed E-state index contributed by atoms with van der Waals surface area (Å²) in [5.41, 5.74) is 1.12. The summed E-state index contributed by atoms with van der Waals surface area (Å²) < 4.78 is 2.33. The van der Waals surface area contributed by atoms with Gasteiger partial charge in [0.15, 0.2) is 0 Å². The Bertz CT molecular complexity index is 362. The van der Waals surface area contributed by atoms with Gasteiger partial charge in [0.25, 0.3) is 0 Å². The fourth-order valence-corrected chi connectivity index (χ4v) is 2.57. The van der Waals surface area contributed by atoms with Crippen LogP contribution in [0, 0.1) is 12.8 Å². The number of aromatic nitrogens is 2. The van der Waals surface area contributed by atoms with Crippen LogP contribution in [0.1, 0.15) is 58.2 Å². The highest BCUT2D eigenvalue weighted by molar-refractivity contribution is 5.32. The molecule has 0 spiro atoms. The van der Waals surface area contributed by atoms with Gasteiger partial charge in [-0.15, -0.1) is 0 Å². The highest BCUT2D eigenvalue weighted by atomic mass is 15.2. The first-order valence-corrected chi connectivity index (χ1v) is 6.97. The Labute approximate surface area is 105 Å². The first-order valence-electron chi connectivity index (χ1n) is 6.97. The third kappa shape index (κ3) is 2.82. The van der Waals surface area contributed by atoms with E-state index < -0.39 is 0 Å². The Balaban J connectivity index is 2.06. The maximum Gasteiger partial charge on any atom is 0.203 e. The van der Waals surface area contributed by atoms with E-state index in [9.17, 15) is 0 Å². The number of nitrogens with one attached hydrogen (secondary N) is 1. The summed E-state index contributed by atoms with van der Waals surface area (Å²) in [4.78, 5) is 4.61. The minimum Gasteiger partial charge on any atom is -0.353 e. The van der Waals surface area contributed by atoms with Crippen LogP contribution in [0.3, 0.4) is 0 Å². The smallest absolute Gasteiger partial charge is 0.203 e. The second-order valence-corrected chi connectivity index (χ2v) is 5.35. The van der Waals surface area contributed by atoms with E-state index in [0.717, 1.165) is 17.6 Å². The summed E-state index contributed by atoms with van der Waals surface area (Å²) in [6, 6.07) is 1.21. The molecule has 0 aromatic carbocycles. The van der Waals surface area contributed by atoms with Crippen molar-refractivity contribution >= 4 is 5.95 Å². The van der Waals surface area contributed by atoms with E-state index in [-0.39, 0.29) is 0 Å². The molecule has 1 aromatic heterocycles. The molecule has 1 saturated carbocycles. The Morgan fingerprint density at radius 1 is 1.41 bits per heavy atom. The van der Waals surface area contributed by atoms with E-state index >= 15 is 0 Å². The number of imidazole rings is 1. The number of aryl methyl sites for hydroxylation is 1. The Hall–Kier alpha value is -0.990. The summed E-state index contributed by atoms with van der Waals surface area (Å²) in [6.45, 7) is 8.89. The summed E-state index contributed by atoms with van der Waals surface area (Å²) in [5.74, 6) is 1.81. The van der Waals surface area contributed by atoms with Crippen molar-refractivity contribution in [2.24, 2.45) is 5.92 Å². The molecule has 1 unspecified atom stereocenters. The third-order valence-electron chi connectivity index (χ3n) is 3.91. The SMILES string of the molecule is CCC(CC)C(C)Nc1nc(C)cn1C1CC1. The van der Waals surface area contributed by atoms with Crippen molar-refractivity contribution in [3.63, 3.8) is 0 Å². The first-order chi connectivity index (χ1) is 8.15. The van der Waals surface area contributed by atoms with Gasteiger partial charge < -0.3 is 9.88 Å². The maximum atomic E-state index is 4.61. The van der Waals surface area contributed by atoms with Gasteiger partial charge in [-0.3, -0.25) is 0 Å². The molecule has 3 heteroatoms. The molecule has 0 saturated heterocycles. The monoisotopic (exact) mass is 235 g/mol. The summed E-state index contributed by atoms with van der Waals surface area (Å²) >= 11 is 0. The molecule has 1 fully saturated rings. The molecular weight excluding hydrogens is 210 g/mol. The lowest BCUT2D eigenvalue weighted by atomic mass is 9.96. The predicted molar refractivity (Wildman–Crippen MR) is 72.4 cm³/mol. The van der Waals surface area contributed by atoms with Crippen LogP contribution >= 0.6 is 0 Å². The average molecular weight is 235 g/mol. The van der Waals surface area contributed by atoms with Crippen molar-refractivity contribution in [1.29, 1.82) is 0 Å². The van der Waals surface area contributed by atoms with Crippen LogP contribution < -0.4 is 5.32 Å². The van der Waals surface area contributed by atoms with Gasteiger partial charge in [-0.05, 0) is 32.6 Å². The number of rotatable bonds is 6. The lowest BCUT2D eigenvalue weighted by molar-refractivity contribution is 0.434. The van der Waals surface area contributed by atoms with Gasteiger partial charge in [-0.25, -0.2) is 4.98 Å². The van der Waals surface area contributed by atoms with Gasteiger partial charge in [-0.1, -0.05) is 26.7 Å². The lowest BCUT2D eigenvalue weighted by Crippen LogP contribution is -2.26. The van der Waals surface area contributed by atoms with Crippen molar-refractivity contribution in [1.82, 2.24) is 9.55 Å². The molecule has 1 aliphatic carbocycles. The zero-order valence-electron chi connectivity index (χ0n) is 11.5. The summed E-state index contributed by atoms with van der Waals surface area (Å²) in [6.07, 6.45) is 7.26. The average Bonchev–Trinajstić information content (AvgIpc) is 3.06. The quantitative estimate of drug-likeness (QED) is 0.813. The van der Waals surface area contributed by atoms with Crippen LogP contribution in [0.15, 0.2) is 6.20 Å². The molecule has 3 nitrogen and oxygen atoms in total. The molecule has 1 N–H and O–H groups in total. The number of nitrogens with zero attached hydrogens (tertiary/aromatic N) is 2. The van der Waals surface area contributed by atoms with Crippen molar-refractivity contribution in [2.75, 3.05) is 5.32 Å². The second-order valence-electron chi connectivity index (χ2n) is 5.35. The number of anilines is 1. The molecule has 1 aliphatic rings. The molecule has 1 heterocycles. The summed E-state index contributed by atoms with van der Waals surface area (Å²) in [5, 5.41) is 3.61. The Morgan fingerprint density at radius 2 is 2.06 bits per heavy atom. The van der Waals surface area contributed by atoms with Crippen molar-refractivity contribution in [3.8, 4) is 0 Å². The van der Waals surface area contributed by atoms with Crippen molar-refractivity contribution in [2.45, 2.75) is 65.5 Å². The molecule has 2 rings (SSSR count). The van der Waals surface area contributed by atoms with Crippen LogP contribution in [0.4, 0.5) is 5.95 Å². The number of hydrogen-bond acceptors (Lipinski definition) is 2. The third-order valence-corrected chi connectivity index (χ3v) is 3.91. The largest absolute Gasteiger partial charge is 0.353 e. The second kappa shape index (κ2) is 5.11. The zero-order valence-corrected chi connectivity index (χ0v) is 11.5. The van der Waals surface area contributed by atoms with Gasteiger partial charge in [-0.2, -0.15) is 0 Å². The Morgan fingerprint density at radius 3 is 2.59 bits per heavy atom. The summed E-state index contributed by atoms with van der Waals surface area (Å²) in [7, 11) is 0. The first kappa shape index (κ1) is 12.5. The van der Waals surface area contributed by atoms with Crippen LogP contribution in [0.5, 0.6) is 0 Å². The topological polar surface area (TPSA) is 29.9 Å². The predicted octanol–water partition coefficient (Wildman–Crippen LogP) is 3.76.